The van der Waals surface area contributed by atoms with Crippen molar-refractivity contribution >= 4 is 14.3 Å². The largest absolute Gasteiger partial charge is 0.478 e. The van der Waals surface area contributed by atoms with Gasteiger partial charge in [0.25, 0.3) is 0 Å². The standard InChI is InChI=1S/C18H30O3Si/c1-13(2)10-16-11-14(17(19)20)8-9-15(16)12-21-22(6,7)18(3,4)5/h8-9,11,13H,10,12H2,1-7H3,(H,19,20). The van der Waals surface area contributed by atoms with Crippen LogP contribution in [0.5, 0.6) is 0 Å². The first kappa shape index (κ1) is 18.9. The third-order valence-electron chi connectivity index (χ3n) is 4.48. The van der Waals surface area contributed by atoms with Crippen molar-refractivity contribution in [2.24, 2.45) is 5.92 Å². The number of aromatic carboxylic acids is 1. The second-order valence-electron chi connectivity index (χ2n) is 7.94. The van der Waals surface area contributed by atoms with E-state index in [1.807, 2.05) is 6.07 Å². The van der Waals surface area contributed by atoms with E-state index < -0.39 is 14.3 Å². The van der Waals surface area contributed by atoms with Crippen LogP contribution >= 0.6 is 0 Å². The van der Waals surface area contributed by atoms with Gasteiger partial charge in [0.05, 0.1) is 12.2 Å². The molecule has 1 rings (SSSR count). The molecule has 0 spiro atoms. The molecule has 1 aromatic carbocycles. The molecular formula is C18H30O3Si. The Kier molecular flexibility index (Phi) is 5.99. The van der Waals surface area contributed by atoms with Gasteiger partial charge in [-0.2, -0.15) is 0 Å². The van der Waals surface area contributed by atoms with Crippen molar-refractivity contribution in [3.05, 3.63) is 34.9 Å². The first-order chi connectivity index (χ1) is 9.94. The zero-order chi connectivity index (χ0) is 17.1. The molecule has 0 radical (unpaired) electrons. The van der Waals surface area contributed by atoms with Crippen molar-refractivity contribution in [1.82, 2.24) is 0 Å². The summed E-state index contributed by atoms with van der Waals surface area (Å²) in [6.07, 6.45) is 0.872. The van der Waals surface area contributed by atoms with Gasteiger partial charge in [-0.1, -0.05) is 40.7 Å². The minimum Gasteiger partial charge on any atom is -0.478 e. The maximum absolute atomic E-state index is 11.2. The van der Waals surface area contributed by atoms with Crippen LogP contribution in [0.4, 0.5) is 0 Å². The summed E-state index contributed by atoms with van der Waals surface area (Å²) >= 11 is 0. The van der Waals surface area contributed by atoms with Crippen molar-refractivity contribution < 1.29 is 14.3 Å². The third-order valence-corrected chi connectivity index (χ3v) is 8.95. The number of carboxylic acids is 1. The van der Waals surface area contributed by atoms with Gasteiger partial charge in [-0.25, -0.2) is 4.79 Å². The van der Waals surface area contributed by atoms with Gasteiger partial charge in [-0.05, 0) is 53.7 Å². The van der Waals surface area contributed by atoms with Crippen molar-refractivity contribution in [2.45, 2.75) is 65.8 Å². The molecule has 124 valence electrons. The van der Waals surface area contributed by atoms with E-state index in [4.69, 9.17) is 4.43 Å². The molecular weight excluding hydrogens is 292 g/mol. The number of hydrogen-bond acceptors (Lipinski definition) is 2. The molecule has 0 amide bonds. The maximum Gasteiger partial charge on any atom is 0.335 e. The molecule has 0 atom stereocenters. The van der Waals surface area contributed by atoms with E-state index in [1.54, 1.807) is 12.1 Å². The van der Waals surface area contributed by atoms with Crippen LogP contribution in [0.3, 0.4) is 0 Å². The van der Waals surface area contributed by atoms with Crippen LogP contribution in [0.1, 0.15) is 56.1 Å². The average molecular weight is 323 g/mol. The van der Waals surface area contributed by atoms with E-state index in [0.717, 1.165) is 17.5 Å². The van der Waals surface area contributed by atoms with Gasteiger partial charge in [0.1, 0.15) is 0 Å². The van der Waals surface area contributed by atoms with Crippen LogP contribution < -0.4 is 0 Å². The van der Waals surface area contributed by atoms with E-state index in [1.165, 1.54) is 0 Å². The van der Waals surface area contributed by atoms with Gasteiger partial charge < -0.3 is 9.53 Å². The normalized spacial score (nSPS) is 12.7. The molecule has 0 unspecified atom stereocenters. The average Bonchev–Trinajstić information content (AvgIpc) is 2.34. The van der Waals surface area contributed by atoms with Crippen LogP contribution in [0.15, 0.2) is 18.2 Å². The lowest BCUT2D eigenvalue weighted by atomic mass is 9.96. The lowest BCUT2D eigenvalue weighted by Gasteiger charge is -2.36. The Labute approximate surface area is 135 Å². The highest BCUT2D eigenvalue weighted by atomic mass is 28.4. The summed E-state index contributed by atoms with van der Waals surface area (Å²) in [6, 6.07) is 5.39. The van der Waals surface area contributed by atoms with E-state index in [-0.39, 0.29) is 5.04 Å². The van der Waals surface area contributed by atoms with Crippen molar-refractivity contribution in [2.75, 3.05) is 0 Å². The first-order valence-electron chi connectivity index (χ1n) is 7.93. The predicted octanol–water partition coefficient (Wildman–Crippen LogP) is 5.11. The predicted molar refractivity (Wildman–Crippen MR) is 93.9 cm³/mol. The van der Waals surface area contributed by atoms with Crippen LogP contribution in [0.25, 0.3) is 0 Å². The molecule has 3 nitrogen and oxygen atoms in total. The van der Waals surface area contributed by atoms with Gasteiger partial charge >= 0.3 is 5.97 Å². The molecule has 0 saturated carbocycles. The molecule has 0 aromatic heterocycles. The zero-order valence-corrected chi connectivity index (χ0v) is 16.0. The summed E-state index contributed by atoms with van der Waals surface area (Å²) in [4.78, 5) is 11.2. The fraction of sp³-hybridized carbons (Fsp3) is 0.611. The van der Waals surface area contributed by atoms with Gasteiger partial charge in [0, 0.05) is 0 Å². The van der Waals surface area contributed by atoms with Crippen LogP contribution in [-0.2, 0) is 17.5 Å². The van der Waals surface area contributed by atoms with Gasteiger partial charge in [-0.15, -0.1) is 0 Å². The van der Waals surface area contributed by atoms with E-state index >= 15 is 0 Å². The maximum atomic E-state index is 11.2. The molecule has 0 fully saturated rings. The van der Waals surface area contributed by atoms with Gasteiger partial charge in [-0.3, -0.25) is 0 Å². The molecule has 0 heterocycles. The highest BCUT2D eigenvalue weighted by Gasteiger charge is 2.37. The van der Waals surface area contributed by atoms with Crippen LogP contribution in [0, 0.1) is 5.92 Å². The van der Waals surface area contributed by atoms with Crippen molar-refractivity contribution in [3.63, 3.8) is 0 Å². The summed E-state index contributed by atoms with van der Waals surface area (Å²) < 4.78 is 6.29. The Morgan fingerprint density at radius 1 is 1.23 bits per heavy atom. The van der Waals surface area contributed by atoms with E-state index in [2.05, 4.69) is 47.7 Å². The molecule has 0 aliphatic heterocycles. The van der Waals surface area contributed by atoms with E-state index in [9.17, 15) is 9.90 Å². The molecule has 1 N–H and O–H groups in total. The quantitative estimate of drug-likeness (QED) is 0.741. The Morgan fingerprint density at radius 2 is 1.82 bits per heavy atom. The molecule has 0 bridgehead atoms. The lowest BCUT2D eigenvalue weighted by molar-refractivity contribution is 0.0696. The minimum atomic E-state index is -1.80. The second kappa shape index (κ2) is 6.96. The molecule has 22 heavy (non-hydrogen) atoms. The lowest BCUT2D eigenvalue weighted by Crippen LogP contribution is -2.40. The molecule has 0 aliphatic carbocycles. The Morgan fingerprint density at radius 3 is 2.27 bits per heavy atom. The summed E-state index contributed by atoms with van der Waals surface area (Å²) in [6.45, 7) is 16.0. The molecule has 0 saturated heterocycles. The first-order valence-corrected chi connectivity index (χ1v) is 10.8. The molecule has 0 aliphatic rings. The molecule has 4 heteroatoms. The monoisotopic (exact) mass is 322 g/mol. The summed E-state index contributed by atoms with van der Waals surface area (Å²) in [5.41, 5.74) is 2.56. The Balaban J connectivity index is 3.01. The number of rotatable bonds is 6. The number of carbonyl (C=O) groups is 1. The fourth-order valence-corrected chi connectivity index (χ4v) is 2.95. The van der Waals surface area contributed by atoms with Gasteiger partial charge in [0.2, 0.25) is 0 Å². The number of benzene rings is 1. The zero-order valence-electron chi connectivity index (χ0n) is 15.0. The second-order valence-corrected chi connectivity index (χ2v) is 12.7. The number of carboxylic acid groups (broad SMARTS) is 1. The van der Waals surface area contributed by atoms with Crippen LogP contribution in [0.2, 0.25) is 18.1 Å². The highest BCUT2D eigenvalue weighted by Crippen LogP contribution is 2.37. The Bertz CT molecular complexity index is 528. The van der Waals surface area contributed by atoms with Crippen molar-refractivity contribution in [1.29, 1.82) is 0 Å². The summed E-state index contributed by atoms with van der Waals surface area (Å²) in [5, 5.41) is 9.35. The third kappa shape index (κ3) is 4.95. The SMILES string of the molecule is CC(C)Cc1cc(C(=O)O)ccc1CO[Si](C)(C)C(C)(C)C. The number of hydrogen-bond donors (Lipinski definition) is 1. The van der Waals surface area contributed by atoms with Crippen LogP contribution in [-0.4, -0.2) is 19.4 Å². The summed E-state index contributed by atoms with van der Waals surface area (Å²) in [7, 11) is -1.80. The smallest absolute Gasteiger partial charge is 0.335 e. The topological polar surface area (TPSA) is 46.5 Å². The van der Waals surface area contributed by atoms with E-state index in [0.29, 0.717) is 18.1 Å². The van der Waals surface area contributed by atoms with Crippen molar-refractivity contribution in [3.8, 4) is 0 Å². The fourth-order valence-electron chi connectivity index (χ4n) is 2.00. The summed E-state index contributed by atoms with van der Waals surface area (Å²) in [5.74, 6) is -0.391. The molecule has 1 aromatic rings. The highest BCUT2D eigenvalue weighted by molar-refractivity contribution is 6.74. The minimum absolute atomic E-state index is 0.173. The van der Waals surface area contributed by atoms with Gasteiger partial charge in [0.15, 0.2) is 8.32 Å². The Hall–Kier alpha value is -1.13.